The number of hydrogen-bond acceptors (Lipinski definition) is 7. The largest absolute Gasteiger partial charge is 0.486 e. The molecule has 0 unspecified atom stereocenters. The van der Waals surface area contributed by atoms with Crippen LogP contribution in [-0.4, -0.2) is 65.9 Å². The molecule has 0 bridgehead atoms. The predicted molar refractivity (Wildman–Crippen MR) is 121 cm³/mol. The number of rotatable bonds is 8. The van der Waals surface area contributed by atoms with Gasteiger partial charge >= 0.3 is 5.97 Å². The summed E-state index contributed by atoms with van der Waals surface area (Å²) >= 11 is 7.18. The summed E-state index contributed by atoms with van der Waals surface area (Å²) in [6.07, 6.45) is 1.15. The number of likely N-dealkylation sites (tertiary alicyclic amines) is 1. The van der Waals surface area contributed by atoms with Crippen molar-refractivity contribution in [3.8, 4) is 5.75 Å². The van der Waals surface area contributed by atoms with Crippen LogP contribution in [0.1, 0.15) is 35.3 Å². The van der Waals surface area contributed by atoms with Crippen molar-refractivity contribution < 1.29 is 23.9 Å². The highest BCUT2D eigenvalue weighted by Crippen LogP contribution is 2.20. The Morgan fingerprint density at radius 1 is 1.22 bits per heavy atom. The molecule has 0 radical (unpaired) electrons. The summed E-state index contributed by atoms with van der Waals surface area (Å²) < 4.78 is 10.7. The van der Waals surface area contributed by atoms with Crippen LogP contribution < -0.4 is 4.74 Å². The Balaban J connectivity index is 1.46. The maximum atomic E-state index is 12.7. The van der Waals surface area contributed by atoms with E-state index in [9.17, 15) is 14.4 Å². The number of hydrogen-bond donors (Lipinski definition) is 0. The highest BCUT2D eigenvalue weighted by Gasteiger charge is 2.29. The molecule has 1 aromatic carbocycles. The molecule has 1 aliphatic rings. The Hall–Kier alpha value is -2.65. The van der Waals surface area contributed by atoms with Crippen molar-refractivity contribution >= 4 is 40.7 Å². The number of aromatic nitrogens is 1. The lowest BCUT2D eigenvalue weighted by atomic mass is 9.97. The van der Waals surface area contributed by atoms with E-state index >= 15 is 0 Å². The molecule has 1 aromatic heterocycles. The number of esters is 1. The van der Waals surface area contributed by atoms with E-state index in [1.807, 2.05) is 0 Å². The van der Waals surface area contributed by atoms with Gasteiger partial charge in [-0.2, -0.15) is 0 Å². The number of halogens is 1. The molecule has 172 valence electrons. The van der Waals surface area contributed by atoms with Crippen LogP contribution in [0.4, 0.5) is 0 Å². The number of thiazole rings is 1. The second kappa shape index (κ2) is 11.3. The number of ether oxygens (including phenoxy) is 2. The second-order valence-electron chi connectivity index (χ2n) is 7.44. The van der Waals surface area contributed by atoms with E-state index in [-0.39, 0.29) is 42.5 Å². The molecule has 32 heavy (non-hydrogen) atoms. The number of benzene rings is 1. The number of likely N-dealkylation sites (N-methyl/N-ethyl adjacent to an activating group) is 1. The molecule has 10 heteroatoms. The molecule has 0 N–H and O–H groups in total. The van der Waals surface area contributed by atoms with E-state index in [1.165, 1.54) is 16.2 Å². The Kier molecular flexibility index (Phi) is 8.46. The molecule has 0 aliphatic carbocycles. The lowest BCUT2D eigenvalue weighted by molar-refractivity contribution is -0.151. The summed E-state index contributed by atoms with van der Waals surface area (Å²) in [7, 11) is 1.58. The number of carbonyl (C=O) groups excluding carboxylic acids is 3. The van der Waals surface area contributed by atoms with Gasteiger partial charge in [-0.15, -0.1) is 11.3 Å². The van der Waals surface area contributed by atoms with Crippen LogP contribution in [0, 0.1) is 5.92 Å². The minimum Gasteiger partial charge on any atom is -0.486 e. The zero-order chi connectivity index (χ0) is 23.1. The van der Waals surface area contributed by atoms with Crippen molar-refractivity contribution in [1.29, 1.82) is 0 Å². The molecule has 1 aliphatic heterocycles. The average Bonchev–Trinajstić information content (AvgIpc) is 3.27. The van der Waals surface area contributed by atoms with E-state index in [4.69, 9.17) is 21.1 Å². The Morgan fingerprint density at radius 3 is 2.56 bits per heavy atom. The van der Waals surface area contributed by atoms with Gasteiger partial charge in [0.2, 0.25) is 5.91 Å². The van der Waals surface area contributed by atoms with Gasteiger partial charge < -0.3 is 19.3 Å². The van der Waals surface area contributed by atoms with Gasteiger partial charge in [-0.25, -0.2) is 4.98 Å². The van der Waals surface area contributed by atoms with E-state index in [0.29, 0.717) is 48.3 Å². The Bertz CT molecular complexity index is 941. The molecule has 2 amide bonds. The molecular formula is C22H26ClN3O5S. The molecule has 8 nitrogen and oxygen atoms in total. The smallest absolute Gasteiger partial charge is 0.309 e. The second-order valence-corrected chi connectivity index (χ2v) is 8.82. The molecule has 1 saturated heterocycles. The lowest BCUT2D eigenvalue weighted by Crippen LogP contribution is -2.45. The zero-order valence-electron chi connectivity index (χ0n) is 18.1. The first-order chi connectivity index (χ1) is 15.4. The fraction of sp³-hybridized carbons (Fsp3) is 0.455. The Labute approximate surface area is 196 Å². The first-order valence-corrected chi connectivity index (χ1v) is 11.7. The summed E-state index contributed by atoms with van der Waals surface area (Å²) in [5.41, 5.74) is 0.279. The fourth-order valence-electron chi connectivity index (χ4n) is 3.35. The molecule has 2 aromatic rings. The van der Waals surface area contributed by atoms with Crippen LogP contribution in [0.3, 0.4) is 0 Å². The Morgan fingerprint density at radius 2 is 1.91 bits per heavy atom. The molecule has 0 spiro atoms. The van der Waals surface area contributed by atoms with Crippen LogP contribution in [0.5, 0.6) is 5.75 Å². The first-order valence-electron chi connectivity index (χ1n) is 10.4. The quantitative estimate of drug-likeness (QED) is 0.540. The molecule has 0 atom stereocenters. The van der Waals surface area contributed by atoms with Crippen molar-refractivity contribution in [2.75, 3.05) is 33.3 Å². The van der Waals surface area contributed by atoms with Crippen molar-refractivity contribution in [1.82, 2.24) is 14.8 Å². The van der Waals surface area contributed by atoms with Crippen LogP contribution >= 0.6 is 22.9 Å². The topological polar surface area (TPSA) is 89.0 Å². The summed E-state index contributed by atoms with van der Waals surface area (Å²) in [5, 5.41) is 2.94. The summed E-state index contributed by atoms with van der Waals surface area (Å²) in [4.78, 5) is 44.5. The SMILES string of the molecule is CCOC(=O)C1CCN(C(=O)CN(C)C(=O)c2csc(COc3ccc(Cl)cc3)n2)CC1. The van der Waals surface area contributed by atoms with Crippen LogP contribution in [0.25, 0.3) is 0 Å². The van der Waals surface area contributed by atoms with Crippen molar-refractivity contribution in [2.24, 2.45) is 5.92 Å². The summed E-state index contributed by atoms with van der Waals surface area (Å²) in [6, 6.07) is 6.99. The minimum atomic E-state index is -0.325. The molecule has 1 fully saturated rings. The number of carbonyl (C=O) groups is 3. The summed E-state index contributed by atoms with van der Waals surface area (Å²) in [6.45, 7) is 3.28. The zero-order valence-corrected chi connectivity index (χ0v) is 19.7. The van der Waals surface area contributed by atoms with Gasteiger partial charge in [-0.3, -0.25) is 14.4 Å². The van der Waals surface area contributed by atoms with E-state index < -0.39 is 0 Å². The van der Waals surface area contributed by atoms with Gasteiger partial charge in [-0.05, 0) is 44.0 Å². The standard InChI is InChI=1S/C22H26ClN3O5S/c1-3-30-22(29)15-8-10-26(11-9-15)20(27)12-25(2)21(28)18-14-32-19(24-18)13-31-17-6-4-16(23)5-7-17/h4-7,14-15H,3,8-13H2,1-2H3. The van der Waals surface area contributed by atoms with Gasteiger partial charge in [0.25, 0.3) is 5.91 Å². The molecule has 2 heterocycles. The van der Waals surface area contributed by atoms with Gasteiger partial charge in [0.05, 0.1) is 19.1 Å². The average molecular weight is 480 g/mol. The molecular weight excluding hydrogens is 454 g/mol. The van der Waals surface area contributed by atoms with E-state index in [0.717, 1.165) is 0 Å². The number of amides is 2. The number of piperidine rings is 1. The number of nitrogens with zero attached hydrogens (tertiary/aromatic N) is 3. The van der Waals surface area contributed by atoms with E-state index in [1.54, 1.807) is 48.5 Å². The van der Waals surface area contributed by atoms with E-state index in [2.05, 4.69) is 4.98 Å². The maximum Gasteiger partial charge on any atom is 0.309 e. The molecule has 0 saturated carbocycles. The monoisotopic (exact) mass is 479 g/mol. The van der Waals surface area contributed by atoms with Crippen LogP contribution in [0.2, 0.25) is 5.02 Å². The highest BCUT2D eigenvalue weighted by atomic mass is 35.5. The minimum absolute atomic E-state index is 0.0446. The van der Waals surface area contributed by atoms with Gasteiger partial charge in [-0.1, -0.05) is 11.6 Å². The lowest BCUT2D eigenvalue weighted by Gasteiger charge is -2.32. The highest BCUT2D eigenvalue weighted by molar-refractivity contribution is 7.09. The van der Waals surface area contributed by atoms with Gasteiger partial charge in [0.15, 0.2) is 0 Å². The van der Waals surface area contributed by atoms with Crippen LogP contribution in [-0.2, 0) is 20.9 Å². The normalized spacial score (nSPS) is 14.2. The predicted octanol–water partition coefficient (Wildman–Crippen LogP) is 3.25. The van der Waals surface area contributed by atoms with Gasteiger partial charge in [0.1, 0.15) is 23.1 Å². The fourth-order valence-corrected chi connectivity index (χ4v) is 4.15. The summed E-state index contributed by atoms with van der Waals surface area (Å²) in [5.74, 6) is -0.182. The van der Waals surface area contributed by atoms with Crippen molar-refractivity contribution in [3.63, 3.8) is 0 Å². The third kappa shape index (κ3) is 6.43. The first kappa shape index (κ1) is 24.0. The third-order valence-electron chi connectivity index (χ3n) is 5.13. The van der Waals surface area contributed by atoms with Crippen LogP contribution in [0.15, 0.2) is 29.6 Å². The third-order valence-corrected chi connectivity index (χ3v) is 6.21. The maximum absolute atomic E-state index is 12.7. The van der Waals surface area contributed by atoms with Crippen molar-refractivity contribution in [2.45, 2.75) is 26.4 Å². The van der Waals surface area contributed by atoms with Gasteiger partial charge in [0, 0.05) is 30.5 Å². The molecule has 3 rings (SSSR count). The van der Waals surface area contributed by atoms with Crippen molar-refractivity contribution in [3.05, 3.63) is 45.4 Å².